The van der Waals surface area contributed by atoms with Gasteiger partial charge in [0.05, 0.1) is 11.4 Å². The summed E-state index contributed by atoms with van der Waals surface area (Å²) in [5.74, 6) is 0. The molecule has 3 heteroatoms. The molecule has 0 radical (unpaired) electrons. The zero-order valence-electron chi connectivity index (χ0n) is 14.9. The zero-order chi connectivity index (χ0) is 17.4. The SMILES string of the molecule is CC(C)(C)c1ccc(SC2=CC(=N)C(=N)C=C2)c(C(C)(C)C)c1. The van der Waals surface area contributed by atoms with Crippen molar-refractivity contribution in [2.75, 3.05) is 0 Å². The summed E-state index contributed by atoms with van der Waals surface area (Å²) in [6.45, 7) is 13.4. The Labute approximate surface area is 144 Å². The highest BCUT2D eigenvalue weighted by Gasteiger charge is 2.23. The van der Waals surface area contributed by atoms with Crippen molar-refractivity contribution >= 4 is 23.2 Å². The lowest BCUT2D eigenvalue weighted by molar-refractivity contribution is 0.560. The van der Waals surface area contributed by atoms with Crippen LogP contribution in [0.4, 0.5) is 0 Å². The minimum absolute atomic E-state index is 0.0583. The molecule has 1 aliphatic rings. The van der Waals surface area contributed by atoms with Crippen molar-refractivity contribution in [2.45, 2.75) is 57.3 Å². The third-order valence-corrected chi connectivity index (χ3v) is 4.94. The molecule has 0 atom stereocenters. The van der Waals surface area contributed by atoms with E-state index < -0.39 is 0 Å². The van der Waals surface area contributed by atoms with Crippen molar-refractivity contribution in [2.24, 2.45) is 0 Å². The van der Waals surface area contributed by atoms with E-state index in [1.165, 1.54) is 16.0 Å². The van der Waals surface area contributed by atoms with Crippen LogP contribution in [0.3, 0.4) is 0 Å². The summed E-state index contributed by atoms with van der Waals surface area (Å²) in [5, 5.41) is 15.5. The molecule has 0 amide bonds. The van der Waals surface area contributed by atoms with Crippen molar-refractivity contribution in [3.8, 4) is 0 Å². The minimum Gasteiger partial charge on any atom is -0.299 e. The van der Waals surface area contributed by atoms with Gasteiger partial charge in [0.1, 0.15) is 0 Å². The first kappa shape index (κ1) is 17.7. The van der Waals surface area contributed by atoms with Crippen LogP contribution in [0.15, 0.2) is 46.2 Å². The third kappa shape index (κ3) is 4.23. The van der Waals surface area contributed by atoms with Crippen LogP contribution in [-0.2, 0) is 10.8 Å². The number of hydrogen-bond acceptors (Lipinski definition) is 3. The summed E-state index contributed by atoms with van der Waals surface area (Å²) in [5.41, 5.74) is 3.41. The van der Waals surface area contributed by atoms with E-state index in [1.54, 1.807) is 23.9 Å². The molecule has 1 aromatic rings. The second kappa shape index (κ2) is 6.12. The molecule has 2 nitrogen and oxygen atoms in total. The van der Waals surface area contributed by atoms with Crippen molar-refractivity contribution in [1.29, 1.82) is 10.8 Å². The van der Waals surface area contributed by atoms with Crippen LogP contribution in [-0.4, -0.2) is 11.4 Å². The lowest BCUT2D eigenvalue weighted by atomic mass is 9.81. The van der Waals surface area contributed by atoms with Gasteiger partial charge in [-0.3, -0.25) is 10.8 Å². The van der Waals surface area contributed by atoms with Crippen molar-refractivity contribution in [3.63, 3.8) is 0 Å². The molecule has 1 aliphatic carbocycles. The Balaban J connectivity index is 2.43. The molecule has 0 fully saturated rings. The molecule has 0 bridgehead atoms. The van der Waals surface area contributed by atoms with Gasteiger partial charge >= 0.3 is 0 Å². The monoisotopic (exact) mass is 326 g/mol. The molecular formula is C20H26N2S. The topological polar surface area (TPSA) is 47.7 Å². The van der Waals surface area contributed by atoms with E-state index in [1.807, 2.05) is 6.08 Å². The van der Waals surface area contributed by atoms with Gasteiger partial charge in [-0.2, -0.15) is 0 Å². The van der Waals surface area contributed by atoms with E-state index in [2.05, 4.69) is 59.7 Å². The molecule has 0 saturated carbocycles. The first-order valence-corrected chi connectivity index (χ1v) is 8.70. The molecule has 0 unspecified atom stereocenters. The van der Waals surface area contributed by atoms with E-state index in [0.29, 0.717) is 0 Å². The highest BCUT2D eigenvalue weighted by molar-refractivity contribution is 8.03. The second-order valence-corrected chi connectivity index (χ2v) is 9.14. The Morgan fingerprint density at radius 1 is 0.826 bits per heavy atom. The van der Waals surface area contributed by atoms with Crippen molar-refractivity contribution in [1.82, 2.24) is 0 Å². The van der Waals surface area contributed by atoms with Gasteiger partial charge in [-0.1, -0.05) is 65.4 Å². The summed E-state index contributed by atoms with van der Waals surface area (Å²) in [6.07, 6.45) is 5.40. The zero-order valence-corrected chi connectivity index (χ0v) is 15.7. The van der Waals surface area contributed by atoms with Crippen LogP contribution in [0, 0.1) is 10.8 Å². The highest BCUT2D eigenvalue weighted by atomic mass is 32.2. The normalized spacial score (nSPS) is 15.8. The van der Waals surface area contributed by atoms with Crippen LogP contribution in [0.25, 0.3) is 0 Å². The molecule has 0 aromatic heterocycles. The van der Waals surface area contributed by atoms with E-state index in [-0.39, 0.29) is 22.3 Å². The molecule has 0 saturated heterocycles. The predicted molar refractivity (Wildman–Crippen MR) is 102 cm³/mol. The summed E-state index contributed by atoms with van der Waals surface area (Å²) in [6, 6.07) is 6.73. The molecule has 2 rings (SSSR count). The fourth-order valence-corrected chi connectivity index (χ4v) is 3.56. The van der Waals surface area contributed by atoms with E-state index in [4.69, 9.17) is 10.8 Å². The quantitative estimate of drug-likeness (QED) is 0.656. The molecule has 122 valence electrons. The van der Waals surface area contributed by atoms with Gasteiger partial charge in [0.2, 0.25) is 0 Å². The van der Waals surface area contributed by atoms with Gasteiger partial charge < -0.3 is 0 Å². The smallest absolute Gasteiger partial charge is 0.0800 e. The van der Waals surface area contributed by atoms with Gasteiger partial charge in [0, 0.05) is 9.80 Å². The van der Waals surface area contributed by atoms with Gasteiger partial charge in [0.15, 0.2) is 0 Å². The Morgan fingerprint density at radius 3 is 2.00 bits per heavy atom. The maximum Gasteiger partial charge on any atom is 0.0800 e. The van der Waals surface area contributed by atoms with Crippen molar-refractivity contribution < 1.29 is 0 Å². The van der Waals surface area contributed by atoms with E-state index in [0.717, 1.165) is 4.91 Å². The number of benzene rings is 1. The number of allylic oxidation sites excluding steroid dienone is 3. The van der Waals surface area contributed by atoms with Crippen LogP contribution >= 0.6 is 11.8 Å². The lowest BCUT2D eigenvalue weighted by Crippen LogP contribution is -2.17. The number of nitrogens with one attached hydrogen (secondary N) is 2. The first-order valence-electron chi connectivity index (χ1n) is 7.88. The van der Waals surface area contributed by atoms with E-state index in [9.17, 15) is 0 Å². The standard InChI is InChI=1S/C20H26N2S/c1-19(2,3)13-7-10-18(15(11-13)20(4,5)6)23-14-8-9-16(21)17(22)12-14/h7-12,21-22H,1-6H3. The maximum atomic E-state index is 7.82. The summed E-state index contributed by atoms with van der Waals surface area (Å²) in [4.78, 5) is 2.24. The van der Waals surface area contributed by atoms with Crippen LogP contribution in [0.1, 0.15) is 52.7 Å². The molecule has 1 aromatic carbocycles. The van der Waals surface area contributed by atoms with Gasteiger partial charge in [-0.15, -0.1) is 0 Å². The third-order valence-electron chi connectivity index (χ3n) is 3.87. The van der Waals surface area contributed by atoms with E-state index >= 15 is 0 Å². The van der Waals surface area contributed by atoms with Crippen LogP contribution in [0.2, 0.25) is 0 Å². The number of rotatable bonds is 2. The van der Waals surface area contributed by atoms with Crippen LogP contribution < -0.4 is 0 Å². The Hall–Kier alpha value is -1.61. The molecule has 0 heterocycles. The summed E-state index contributed by atoms with van der Waals surface area (Å²) in [7, 11) is 0. The highest BCUT2D eigenvalue weighted by Crippen LogP contribution is 2.39. The lowest BCUT2D eigenvalue weighted by Gasteiger charge is -2.27. The largest absolute Gasteiger partial charge is 0.299 e. The Morgan fingerprint density at radius 2 is 1.48 bits per heavy atom. The van der Waals surface area contributed by atoms with Crippen molar-refractivity contribution in [3.05, 3.63) is 52.5 Å². The fourth-order valence-electron chi connectivity index (χ4n) is 2.39. The predicted octanol–water partition coefficient (Wildman–Crippen LogP) is 5.87. The number of hydrogen-bond donors (Lipinski definition) is 2. The van der Waals surface area contributed by atoms with Gasteiger partial charge in [-0.05, 0) is 46.3 Å². The molecule has 0 spiro atoms. The van der Waals surface area contributed by atoms with Crippen LogP contribution in [0.5, 0.6) is 0 Å². The fraction of sp³-hybridized carbons (Fsp3) is 0.400. The number of thioether (sulfide) groups is 1. The average Bonchev–Trinajstić information content (AvgIpc) is 2.41. The molecule has 23 heavy (non-hydrogen) atoms. The summed E-state index contributed by atoms with van der Waals surface area (Å²) < 4.78 is 0. The summed E-state index contributed by atoms with van der Waals surface area (Å²) >= 11 is 1.68. The maximum absolute atomic E-state index is 7.82. The molecule has 0 aliphatic heterocycles. The first-order chi connectivity index (χ1) is 10.5. The molecule has 2 N–H and O–H groups in total. The Bertz CT molecular complexity index is 710. The van der Waals surface area contributed by atoms with Gasteiger partial charge in [0.25, 0.3) is 0 Å². The Kier molecular flexibility index (Phi) is 4.72. The van der Waals surface area contributed by atoms with Gasteiger partial charge in [-0.25, -0.2) is 0 Å². The second-order valence-electron chi connectivity index (χ2n) is 8.02. The minimum atomic E-state index is 0.0583. The average molecular weight is 327 g/mol. The molecular weight excluding hydrogens is 300 g/mol.